The van der Waals surface area contributed by atoms with Crippen LogP contribution in [-0.4, -0.2) is 20.3 Å². The van der Waals surface area contributed by atoms with Crippen molar-refractivity contribution in [2.24, 2.45) is 0 Å². The Hall–Kier alpha value is -0.610. The van der Waals surface area contributed by atoms with E-state index in [-0.39, 0.29) is 5.82 Å². The first kappa shape index (κ1) is 13.5. The summed E-state index contributed by atoms with van der Waals surface area (Å²) in [4.78, 5) is 0. The van der Waals surface area contributed by atoms with Crippen LogP contribution in [0.1, 0.15) is 18.4 Å². The fourth-order valence-corrected chi connectivity index (χ4v) is 1.77. The van der Waals surface area contributed by atoms with Gasteiger partial charge < -0.3 is 10.1 Å². The molecule has 90 valence electrons. The minimum absolute atomic E-state index is 0.220. The SMILES string of the molecule is COCCCCNc1cc(Br)c(F)cc1C. The second kappa shape index (κ2) is 6.86. The summed E-state index contributed by atoms with van der Waals surface area (Å²) < 4.78 is 18.6. The van der Waals surface area contributed by atoms with Crippen molar-refractivity contribution in [1.82, 2.24) is 0 Å². The summed E-state index contributed by atoms with van der Waals surface area (Å²) >= 11 is 3.18. The third kappa shape index (κ3) is 4.10. The smallest absolute Gasteiger partial charge is 0.137 e. The van der Waals surface area contributed by atoms with Gasteiger partial charge in [0.2, 0.25) is 0 Å². The molecule has 0 amide bonds. The Balaban J connectivity index is 2.45. The Labute approximate surface area is 104 Å². The molecule has 0 unspecified atom stereocenters. The van der Waals surface area contributed by atoms with Gasteiger partial charge in [-0.15, -0.1) is 0 Å². The fraction of sp³-hybridized carbons (Fsp3) is 0.500. The minimum Gasteiger partial charge on any atom is -0.385 e. The molecule has 0 aliphatic heterocycles. The van der Waals surface area contributed by atoms with E-state index in [1.807, 2.05) is 6.92 Å². The first-order valence-electron chi connectivity index (χ1n) is 5.33. The first-order valence-corrected chi connectivity index (χ1v) is 6.13. The van der Waals surface area contributed by atoms with Crippen molar-refractivity contribution in [2.45, 2.75) is 19.8 Å². The van der Waals surface area contributed by atoms with Crippen LogP contribution in [0, 0.1) is 12.7 Å². The number of hydrogen-bond acceptors (Lipinski definition) is 2. The zero-order chi connectivity index (χ0) is 12.0. The molecular formula is C12H17BrFNO. The molecule has 0 spiro atoms. The van der Waals surface area contributed by atoms with Gasteiger partial charge in [0.25, 0.3) is 0 Å². The number of aryl methyl sites for hydroxylation is 1. The highest BCUT2D eigenvalue weighted by Gasteiger charge is 2.04. The van der Waals surface area contributed by atoms with Crippen LogP contribution < -0.4 is 5.32 Å². The number of rotatable bonds is 6. The molecule has 0 heterocycles. The summed E-state index contributed by atoms with van der Waals surface area (Å²) in [6, 6.07) is 3.31. The number of ether oxygens (including phenoxy) is 1. The average molecular weight is 290 g/mol. The van der Waals surface area contributed by atoms with Gasteiger partial charge in [-0.3, -0.25) is 0 Å². The first-order chi connectivity index (χ1) is 7.65. The second-order valence-corrected chi connectivity index (χ2v) is 4.56. The minimum atomic E-state index is -0.220. The van der Waals surface area contributed by atoms with E-state index in [0.29, 0.717) is 4.47 Å². The largest absolute Gasteiger partial charge is 0.385 e. The summed E-state index contributed by atoms with van der Waals surface area (Å²) in [5.41, 5.74) is 1.90. The molecule has 2 nitrogen and oxygen atoms in total. The summed E-state index contributed by atoms with van der Waals surface area (Å²) in [6.07, 6.45) is 2.08. The van der Waals surface area contributed by atoms with Crippen LogP contribution in [0.15, 0.2) is 16.6 Å². The molecule has 0 fully saturated rings. The van der Waals surface area contributed by atoms with Gasteiger partial charge in [0.05, 0.1) is 4.47 Å². The number of unbranched alkanes of at least 4 members (excludes halogenated alkanes) is 1. The van der Waals surface area contributed by atoms with Crippen molar-refractivity contribution in [3.05, 3.63) is 28.0 Å². The second-order valence-electron chi connectivity index (χ2n) is 3.71. The third-order valence-electron chi connectivity index (χ3n) is 2.36. The lowest BCUT2D eigenvalue weighted by molar-refractivity contribution is 0.194. The predicted octanol–water partition coefficient (Wildman–Crippen LogP) is 3.74. The van der Waals surface area contributed by atoms with E-state index in [1.54, 1.807) is 13.2 Å². The fourth-order valence-electron chi connectivity index (χ4n) is 1.43. The lowest BCUT2D eigenvalue weighted by Crippen LogP contribution is -2.04. The zero-order valence-corrected chi connectivity index (χ0v) is 11.2. The van der Waals surface area contributed by atoms with E-state index in [9.17, 15) is 4.39 Å². The van der Waals surface area contributed by atoms with Crippen molar-refractivity contribution in [3.63, 3.8) is 0 Å². The molecule has 16 heavy (non-hydrogen) atoms. The normalized spacial score (nSPS) is 10.5. The van der Waals surface area contributed by atoms with Crippen molar-refractivity contribution >= 4 is 21.6 Å². The van der Waals surface area contributed by atoms with Crippen LogP contribution in [-0.2, 0) is 4.74 Å². The quantitative estimate of drug-likeness (QED) is 0.806. The summed E-state index contributed by atoms with van der Waals surface area (Å²) in [6.45, 7) is 3.56. The van der Waals surface area contributed by atoms with Crippen molar-refractivity contribution in [2.75, 3.05) is 25.6 Å². The summed E-state index contributed by atoms with van der Waals surface area (Å²) in [7, 11) is 1.70. The third-order valence-corrected chi connectivity index (χ3v) is 2.97. The van der Waals surface area contributed by atoms with Crippen LogP contribution in [0.2, 0.25) is 0 Å². The highest BCUT2D eigenvalue weighted by molar-refractivity contribution is 9.10. The maximum atomic E-state index is 13.2. The number of hydrogen-bond donors (Lipinski definition) is 1. The number of methoxy groups -OCH3 is 1. The van der Waals surface area contributed by atoms with Crippen LogP contribution in [0.25, 0.3) is 0 Å². The van der Waals surface area contributed by atoms with Crippen molar-refractivity contribution < 1.29 is 9.13 Å². The summed E-state index contributed by atoms with van der Waals surface area (Å²) in [5, 5.41) is 3.29. The molecule has 0 aromatic heterocycles. The molecule has 0 aliphatic rings. The Kier molecular flexibility index (Phi) is 5.77. The number of nitrogens with one attached hydrogen (secondary N) is 1. The Morgan fingerprint density at radius 2 is 2.12 bits per heavy atom. The van der Waals surface area contributed by atoms with Gasteiger partial charge in [-0.05, 0) is 53.4 Å². The highest BCUT2D eigenvalue weighted by Crippen LogP contribution is 2.24. The van der Waals surface area contributed by atoms with Gasteiger partial charge in [-0.2, -0.15) is 0 Å². The van der Waals surface area contributed by atoms with E-state index in [1.165, 1.54) is 6.07 Å². The zero-order valence-electron chi connectivity index (χ0n) is 9.65. The molecule has 1 aromatic rings. The van der Waals surface area contributed by atoms with Gasteiger partial charge in [-0.25, -0.2) is 4.39 Å². The lowest BCUT2D eigenvalue weighted by atomic mass is 10.2. The maximum Gasteiger partial charge on any atom is 0.137 e. The molecule has 0 atom stereocenters. The molecule has 1 rings (SSSR count). The standard InChI is InChI=1S/C12H17BrFNO/c1-9-7-11(14)10(13)8-12(9)15-5-3-4-6-16-2/h7-8,15H,3-6H2,1-2H3. The predicted molar refractivity (Wildman–Crippen MR) is 68.4 cm³/mol. The molecular weight excluding hydrogens is 273 g/mol. The van der Waals surface area contributed by atoms with Crippen LogP contribution in [0.3, 0.4) is 0 Å². The van der Waals surface area contributed by atoms with Gasteiger partial charge in [-0.1, -0.05) is 0 Å². The maximum absolute atomic E-state index is 13.2. The van der Waals surface area contributed by atoms with Crippen LogP contribution in [0.5, 0.6) is 0 Å². The molecule has 0 saturated heterocycles. The van der Waals surface area contributed by atoms with Crippen molar-refractivity contribution in [3.8, 4) is 0 Å². The van der Waals surface area contributed by atoms with E-state index < -0.39 is 0 Å². The van der Waals surface area contributed by atoms with Crippen LogP contribution in [0.4, 0.5) is 10.1 Å². The van der Waals surface area contributed by atoms with Gasteiger partial charge in [0, 0.05) is 25.9 Å². The monoisotopic (exact) mass is 289 g/mol. The van der Waals surface area contributed by atoms with Gasteiger partial charge >= 0.3 is 0 Å². The Morgan fingerprint density at radius 1 is 1.38 bits per heavy atom. The highest BCUT2D eigenvalue weighted by atomic mass is 79.9. The molecule has 0 aliphatic carbocycles. The molecule has 1 aromatic carbocycles. The molecule has 1 N–H and O–H groups in total. The Bertz CT molecular complexity index is 344. The van der Waals surface area contributed by atoms with E-state index in [0.717, 1.165) is 37.2 Å². The lowest BCUT2D eigenvalue weighted by Gasteiger charge is -2.10. The number of halogens is 2. The van der Waals surface area contributed by atoms with Gasteiger partial charge in [0.15, 0.2) is 0 Å². The van der Waals surface area contributed by atoms with E-state index in [4.69, 9.17) is 4.74 Å². The molecule has 4 heteroatoms. The molecule has 0 bridgehead atoms. The van der Waals surface area contributed by atoms with E-state index in [2.05, 4.69) is 21.2 Å². The Morgan fingerprint density at radius 3 is 2.81 bits per heavy atom. The molecule has 0 radical (unpaired) electrons. The van der Waals surface area contributed by atoms with Crippen molar-refractivity contribution in [1.29, 1.82) is 0 Å². The summed E-state index contributed by atoms with van der Waals surface area (Å²) in [5.74, 6) is -0.220. The van der Waals surface area contributed by atoms with E-state index >= 15 is 0 Å². The van der Waals surface area contributed by atoms with Crippen LogP contribution >= 0.6 is 15.9 Å². The molecule has 0 saturated carbocycles. The average Bonchev–Trinajstić information content (AvgIpc) is 2.25. The number of anilines is 1. The van der Waals surface area contributed by atoms with Gasteiger partial charge in [0.1, 0.15) is 5.82 Å². The topological polar surface area (TPSA) is 21.3 Å². The number of benzene rings is 1.